The molecular weight excluding hydrogens is 674 g/mol. The third-order valence-electron chi connectivity index (χ3n) is 7.02. The molecule has 0 radical (unpaired) electrons. The van der Waals surface area contributed by atoms with Gasteiger partial charge in [0.15, 0.2) is 0 Å². The molecule has 24 heteroatoms. The Labute approximate surface area is 294 Å². The summed E-state index contributed by atoms with van der Waals surface area (Å²) in [5, 5.41) is 13.1. The third kappa shape index (κ3) is 20.3. The van der Waals surface area contributed by atoms with Crippen LogP contribution in [0.3, 0.4) is 0 Å². The van der Waals surface area contributed by atoms with Crippen LogP contribution in [0.4, 0.5) is 0 Å². The van der Waals surface area contributed by atoms with Crippen molar-refractivity contribution in [3.8, 4) is 0 Å². The highest BCUT2D eigenvalue weighted by Crippen LogP contribution is 2.02. The van der Waals surface area contributed by atoms with Crippen LogP contribution in [0.25, 0.3) is 31.3 Å². The van der Waals surface area contributed by atoms with Gasteiger partial charge >= 0.3 is 0 Å². The van der Waals surface area contributed by atoms with Crippen LogP contribution in [0.15, 0.2) is 15.3 Å². The third-order valence-corrected chi connectivity index (χ3v) is 7.02. The van der Waals surface area contributed by atoms with Crippen LogP contribution >= 0.6 is 0 Å². The Morgan fingerprint density at radius 2 is 0.882 bits per heavy atom. The molecule has 0 unspecified atom stereocenters. The molecule has 0 aliphatic heterocycles. The predicted octanol–water partition coefficient (Wildman–Crippen LogP) is -1.35. The highest BCUT2D eigenvalue weighted by Gasteiger charge is 2.26. The number of azide groups is 3. The van der Waals surface area contributed by atoms with Crippen LogP contribution in [0.2, 0.25) is 0 Å². The normalized spacial score (nSPS) is 9.96. The molecule has 24 nitrogen and oxygen atoms in total. The van der Waals surface area contributed by atoms with Crippen LogP contribution in [0, 0.1) is 0 Å². The molecule has 7 amide bonds. The molecule has 0 aromatic heterocycles. The molecule has 0 saturated carbocycles. The molecule has 0 aromatic carbocycles. The molecule has 51 heavy (non-hydrogen) atoms. The standard InChI is InChI=1S/C27H47N17O7/c1-39(22(46)14-32-8-5-9-33-36-29)16-23(47)42(4)19-27(51)44(13-7-11-35-38-31)20-25(49)40(2)17-24(48)41(3)18-26(50)43(15-21(28)45)12-6-10-34-37-30/h32H,5-20H2,1-4H3,(H2,28,45). The lowest BCUT2D eigenvalue weighted by Crippen LogP contribution is -2.50. The minimum atomic E-state index is -0.775. The maximum Gasteiger partial charge on any atom is 0.242 e. The Kier molecular flexibility index (Phi) is 23.1. The molecule has 0 atom stereocenters. The van der Waals surface area contributed by atoms with Crippen molar-refractivity contribution in [2.45, 2.75) is 19.3 Å². The first-order valence-corrected chi connectivity index (χ1v) is 15.7. The van der Waals surface area contributed by atoms with Gasteiger partial charge in [0.05, 0.1) is 45.8 Å². The SMILES string of the molecule is CN(CC(=O)N(C)CC(=O)N(CCCN=[N+]=[N-])CC(=O)N(C)CC(=O)N(C)CC(=O)N(CCCN=[N+]=[N-])CC(N)=O)C(=O)CNCCCN=[N+]=[N-]. The van der Waals surface area contributed by atoms with E-state index < -0.39 is 68.2 Å². The van der Waals surface area contributed by atoms with E-state index in [1.165, 1.54) is 33.1 Å². The quantitative estimate of drug-likeness (QED) is 0.0464. The number of carbonyl (C=O) groups excluding carboxylic acids is 7. The van der Waals surface area contributed by atoms with E-state index in [9.17, 15) is 33.6 Å². The summed E-state index contributed by atoms with van der Waals surface area (Å²) in [5.41, 5.74) is 30.5. The van der Waals surface area contributed by atoms with E-state index in [0.717, 1.165) is 24.5 Å². The summed E-state index contributed by atoms with van der Waals surface area (Å²) in [6.07, 6.45) is 0.988. The Morgan fingerprint density at radius 1 is 0.529 bits per heavy atom. The average Bonchev–Trinajstić information content (AvgIpc) is 3.08. The van der Waals surface area contributed by atoms with E-state index in [1.807, 2.05) is 0 Å². The zero-order valence-electron chi connectivity index (χ0n) is 29.5. The smallest absolute Gasteiger partial charge is 0.242 e. The van der Waals surface area contributed by atoms with Crippen LogP contribution in [-0.4, -0.2) is 184 Å². The molecule has 0 spiro atoms. The van der Waals surface area contributed by atoms with Gasteiger partial charge in [0, 0.05) is 75.6 Å². The van der Waals surface area contributed by atoms with E-state index in [0.29, 0.717) is 13.0 Å². The summed E-state index contributed by atoms with van der Waals surface area (Å²) in [4.78, 5) is 103. The topological polar surface area (TPSA) is 323 Å². The van der Waals surface area contributed by atoms with Crippen molar-refractivity contribution in [2.24, 2.45) is 21.1 Å². The number of primary amides is 1. The van der Waals surface area contributed by atoms with Gasteiger partial charge in [-0.1, -0.05) is 15.3 Å². The number of amides is 7. The summed E-state index contributed by atoms with van der Waals surface area (Å²) in [6.45, 7) is -1.75. The average molecular weight is 722 g/mol. The van der Waals surface area contributed by atoms with Crippen LogP contribution < -0.4 is 11.1 Å². The Bertz CT molecular complexity index is 1360. The second-order valence-corrected chi connectivity index (χ2v) is 11.2. The monoisotopic (exact) mass is 721 g/mol. The molecule has 282 valence electrons. The van der Waals surface area contributed by atoms with Crippen molar-refractivity contribution in [3.63, 3.8) is 0 Å². The first kappa shape index (κ1) is 45.2. The number of nitrogens with two attached hydrogens (primary N) is 1. The Hall–Kier alpha value is -5.82. The zero-order valence-corrected chi connectivity index (χ0v) is 29.5. The number of nitrogens with one attached hydrogen (secondary N) is 1. The van der Waals surface area contributed by atoms with Crippen LogP contribution in [-0.2, 0) is 33.6 Å². The largest absolute Gasteiger partial charge is 0.368 e. The van der Waals surface area contributed by atoms with Crippen molar-refractivity contribution in [2.75, 3.05) is 113 Å². The van der Waals surface area contributed by atoms with Gasteiger partial charge in [-0.3, -0.25) is 33.6 Å². The summed E-state index contributed by atoms with van der Waals surface area (Å²) >= 11 is 0. The first-order chi connectivity index (χ1) is 24.2. The van der Waals surface area contributed by atoms with E-state index in [4.69, 9.17) is 22.3 Å². The van der Waals surface area contributed by atoms with Crippen molar-refractivity contribution in [1.82, 2.24) is 34.7 Å². The maximum atomic E-state index is 13.2. The molecule has 0 aliphatic rings. The molecule has 0 aliphatic carbocycles. The molecule has 0 bridgehead atoms. The Balaban J connectivity index is 5.28. The van der Waals surface area contributed by atoms with E-state index in [-0.39, 0.29) is 64.6 Å². The van der Waals surface area contributed by atoms with E-state index >= 15 is 0 Å². The van der Waals surface area contributed by atoms with Crippen molar-refractivity contribution >= 4 is 41.4 Å². The second kappa shape index (κ2) is 26.1. The number of nitrogens with zero attached hydrogens (tertiary/aromatic N) is 15. The number of hydrogen-bond donors (Lipinski definition) is 2. The van der Waals surface area contributed by atoms with E-state index in [1.54, 1.807) is 0 Å². The molecule has 0 heterocycles. The summed E-state index contributed by atoms with van der Waals surface area (Å²) in [6, 6.07) is 0. The van der Waals surface area contributed by atoms with Gasteiger partial charge < -0.3 is 40.4 Å². The number of hydrogen-bond acceptors (Lipinski definition) is 11. The van der Waals surface area contributed by atoms with Gasteiger partial charge in [-0.15, -0.1) is 0 Å². The molecular formula is C27H47N17O7. The van der Waals surface area contributed by atoms with Crippen molar-refractivity contribution in [3.05, 3.63) is 31.3 Å². The first-order valence-electron chi connectivity index (χ1n) is 15.7. The minimum Gasteiger partial charge on any atom is -0.368 e. The van der Waals surface area contributed by atoms with Crippen molar-refractivity contribution < 1.29 is 33.6 Å². The van der Waals surface area contributed by atoms with Crippen LogP contribution in [0.1, 0.15) is 19.3 Å². The van der Waals surface area contributed by atoms with E-state index in [2.05, 4.69) is 35.4 Å². The minimum absolute atomic E-state index is 0.0130. The van der Waals surface area contributed by atoms with Crippen molar-refractivity contribution in [1.29, 1.82) is 0 Å². The fourth-order valence-corrected chi connectivity index (χ4v) is 4.07. The summed E-state index contributed by atoms with van der Waals surface area (Å²) in [7, 11) is 5.44. The van der Waals surface area contributed by atoms with Crippen LogP contribution in [0.5, 0.6) is 0 Å². The maximum absolute atomic E-state index is 13.2. The highest BCUT2D eigenvalue weighted by molar-refractivity contribution is 5.92. The lowest BCUT2D eigenvalue weighted by Gasteiger charge is -2.29. The summed E-state index contributed by atoms with van der Waals surface area (Å²) in [5.74, 6) is -4.18. The molecule has 0 aromatic rings. The highest BCUT2D eigenvalue weighted by atomic mass is 16.2. The second-order valence-electron chi connectivity index (χ2n) is 11.2. The van der Waals surface area contributed by atoms with Gasteiger partial charge in [0.25, 0.3) is 0 Å². The van der Waals surface area contributed by atoms with Gasteiger partial charge in [0.1, 0.15) is 0 Å². The van der Waals surface area contributed by atoms with Gasteiger partial charge in [-0.05, 0) is 42.4 Å². The molecule has 0 fully saturated rings. The van der Waals surface area contributed by atoms with Gasteiger partial charge in [-0.25, -0.2) is 0 Å². The summed E-state index contributed by atoms with van der Waals surface area (Å²) < 4.78 is 0. The molecule has 0 saturated heterocycles. The Morgan fingerprint density at radius 3 is 1.29 bits per heavy atom. The lowest BCUT2D eigenvalue weighted by atomic mass is 10.3. The molecule has 3 N–H and O–H groups in total. The lowest BCUT2D eigenvalue weighted by molar-refractivity contribution is -0.146. The fourth-order valence-electron chi connectivity index (χ4n) is 4.07. The molecule has 0 rings (SSSR count). The number of likely N-dealkylation sites (N-methyl/N-ethyl adjacent to an activating group) is 4. The van der Waals surface area contributed by atoms with Gasteiger partial charge in [0.2, 0.25) is 41.4 Å². The predicted molar refractivity (Wildman–Crippen MR) is 182 cm³/mol. The number of rotatable bonds is 26. The fraction of sp³-hybridized carbons (Fsp3) is 0.741. The number of carbonyl (C=O) groups is 7. The zero-order chi connectivity index (χ0) is 38.8. The van der Waals surface area contributed by atoms with Gasteiger partial charge in [-0.2, -0.15) is 0 Å².